The number of hydrogen-bond donors (Lipinski definition) is 4. The van der Waals surface area contributed by atoms with Crippen LogP contribution in [0.25, 0.3) is 0 Å². The number of nitrogens with one attached hydrogen (secondary N) is 3. The maximum Gasteiger partial charge on any atom is 0.269 e. The molecule has 0 saturated heterocycles. The summed E-state index contributed by atoms with van der Waals surface area (Å²) in [6, 6.07) is 11.6. The number of carbonyl (C=O) groups excluding carboxylic acids is 1. The molecular weight excluding hydrogens is 590 g/mol. The summed E-state index contributed by atoms with van der Waals surface area (Å²) in [4.78, 5) is 26.0. The lowest BCUT2D eigenvalue weighted by molar-refractivity contribution is -0.127. The average molecular weight is 634 g/mol. The summed E-state index contributed by atoms with van der Waals surface area (Å²) in [7, 11) is -2.13. The number of aromatic hydroxyl groups is 1. The molecule has 0 aliphatic rings. The van der Waals surface area contributed by atoms with Crippen LogP contribution in [-0.2, 0) is 14.0 Å². The van der Waals surface area contributed by atoms with Gasteiger partial charge < -0.3 is 35.0 Å². The van der Waals surface area contributed by atoms with Gasteiger partial charge in [0.05, 0.1) is 36.1 Å². The molecule has 0 saturated carbocycles. The van der Waals surface area contributed by atoms with Gasteiger partial charge >= 0.3 is 0 Å². The summed E-state index contributed by atoms with van der Waals surface area (Å²) in [5.41, 5.74) is 2.10. The Labute approximate surface area is 265 Å². The Bertz CT molecular complexity index is 1460. The minimum absolute atomic E-state index is 0.00855. The first kappa shape index (κ1) is 35.1. The van der Waals surface area contributed by atoms with Gasteiger partial charge in [-0.2, -0.15) is 5.26 Å². The number of aromatic nitrogens is 3. The first-order valence-electron chi connectivity index (χ1n) is 14.9. The third-order valence-electron chi connectivity index (χ3n) is 7.65. The van der Waals surface area contributed by atoms with Crippen molar-refractivity contribution in [1.82, 2.24) is 15.0 Å². The Morgan fingerprint density at radius 2 is 1.71 bits per heavy atom. The monoisotopic (exact) mass is 633 g/mol. The van der Waals surface area contributed by atoms with Crippen LogP contribution in [0.3, 0.4) is 0 Å². The van der Waals surface area contributed by atoms with Crippen LogP contribution in [0.2, 0.25) is 16.6 Å². The van der Waals surface area contributed by atoms with Gasteiger partial charge in [-0.1, -0.05) is 53.7 Å². The van der Waals surface area contributed by atoms with Crippen molar-refractivity contribution in [3.8, 4) is 17.7 Å². The third kappa shape index (κ3) is 8.84. The van der Waals surface area contributed by atoms with Gasteiger partial charge in [0.2, 0.25) is 12.0 Å². The molecule has 240 valence electrons. The molecule has 4 N–H and O–H groups in total. The molecule has 0 aliphatic heterocycles. The summed E-state index contributed by atoms with van der Waals surface area (Å²) in [6.45, 7) is 15.4. The molecular formula is C32H43N7O5Si. The second-order valence-electron chi connectivity index (χ2n) is 11.6. The van der Waals surface area contributed by atoms with Gasteiger partial charge in [-0.3, -0.25) is 4.79 Å². The summed E-state index contributed by atoms with van der Waals surface area (Å²) >= 11 is 0. The molecule has 2 aromatic heterocycles. The van der Waals surface area contributed by atoms with E-state index < -0.39 is 20.3 Å². The fraction of sp³-hybridized carbons (Fsp3) is 0.438. The fourth-order valence-electron chi connectivity index (χ4n) is 5.51. The number of pyridine rings is 1. The first-order valence-corrected chi connectivity index (χ1v) is 17.1. The van der Waals surface area contributed by atoms with Gasteiger partial charge in [-0.25, -0.2) is 15.0 Å². The van der Waals surface area contributed by atoms with Crippen molar-refractivity contribution in [2.45, 2.75) is 77.3 Å². The van der Waals surface area contributed by atoms with Gasteiger partial charge in [0, 0.05) is 12.4 Å². The fourth-order valence-corrected chi connectivity index (χ4v) is 11.0. The second kappa shape index (κ2) is 16.1. The highest BCUT2D eigenvalue weighted by Gasteiger charge is 2.45. The number of rotatable bonds is 16. The number of benzene rings is 1. The van der Waals surface area contributed by atoms with Gasteiger partial charge in [0.25, 0.3) is 5.91 Å². The lowest BCUT2D eigenvalue weighted by atomic mass is 10.2. The highest BCUT2D eigenvalue weighted by atomic mass is 28.4. The molecule has 2 heterocycles. The van der Waals surface area contributed by atoms with Gasteiger partial charge in [0.15, 0.2) is 8.32 Å². The van der Waals surface area contributed by atoms with Crippen molar-refractivity contribution in [3.05, 3.63) is 60.0 Å². The Kier molecular flexibility index (Phi) is 12.5. The second-order valence-corrected chi connectivity index (χ2v) is 17.1. The number of para-hydroxylation sites is 2. The molecule has 2 unspecified atom stereocenters. The normalized spacial score (nSPS) is 12.9. The molecule has 3 aromatic rings. The van der Waals surface area contributed by atoms with E-state index in [1.54, 1.807) is 18.2 Å². The topological polar surface area (TPSA) is 175 Å². The van der Waals surface area contributed by atoms with Crippen LogP contribution in [0.1, 0.15) is 59.6 Å². The average Bonchev–Trinajstić information content (AvgIpc) is 3.00. The molecule has 2 atom stereocenters. The Hall–Kier alpha value is -4.38. The highest BCUT2D eigenvalue weighted by Crippen LogP contribution is 2.42. The van der Waals surface area contributed by atoms with E-state index in [1.807, 2.05) is 13.0 Å². The maximum atomic E-state index is 13.5. The summed E-state index contributed by atoms with van der Waals surface area (Å²) in [5.74, 6) is -0.192. The van der Waals surface area contributed by atoms with Crippen LogP contribution >= 0.6 is 0 Å². The number of hydrogen-bond acceptors (Lipinski definition) is 11. The zero-order chi connectivity index (χ0) is 33.1. The smallest absolute Gasteiger partial charge is 0.269 e. The number of nitrogens with zero attached hydrogens (tertiary/aromatic N) is 4. The number of phenolic OH excluding ortho intramolecular Hbond substituents is 1. The molecule has 3 rings (SSSR count). The molecule has 13 heteroatoms. The lowest BCUT2D eigenvalue weighted by Gasteiger charge is -2.42. The van der Waals surface area contributed by atoms with Crippen LogP contribution in [0, 0.1) is 16.7 Å². The molecule has 0 fully saturated rings. The summed E-state index contributed by atoms with van der Waals surface area (Å²) < 4.78 is 18.9. The van der Waals surface area contributed by atoms with Crippen LogP contribution < -0.4 is 15.4 Å². The van der Waals surface area contributed by atoms with Crippen molar-refractivity contribution in [1.29, 1.82) is 10.7 Å². The summed E-state index contributed by atoms with van der Waals surface area (Å²) in [5, 5.41) is 33.0. The zero-order valence-electron chi connectivity index (χ0n) is 26.9. The molecule has 0 bridgehead atoms. The number of amides is 1. The molecule has 0 radical (unpaired) electrons. The minimum Gasteiger partial charge on any atom is -0.506 e. The van der Waals surface area contributed by atoms with E-state index in [0.29, 0.717) is 34.5 Å². The Balaban J connectivity index is 1.84. The van der Waals surface area contributed by atoms with Crippen LogP contribution in [0.15, 0.2) is 48.9 Å². The Morgan fingerprint density at radius 3 is 2.29 bits per heavy atom. The van der Waals surface area contributed by atoms with E-state index >= 15 is 0 Å². The van der Waals surface area contributed by atoms with Gasteiger partial charge in [-0.15, -0.1) is 0 Å². The van der Waals surface area contributed by atoms with Gasteiger partial charge in [0.1, 0.15) is 29.8 Å². The molecule has 1 amide bonds. The largest absolute Gasteiger partial charge is 0.506 e. The van der Waals surface area contributed by atoms with E-state index in [1.165, 1.54) is 30.7 Å². The van der Waals surface area contributed by atoms with Crippen molar-refractivity contribution in [2.24, 2.45) is 0 Å². The van der Waals surface area contributed by atoms with E-state index in [4.69, 9.17) is 24.6 Å². The van der Waals surface area contributed by atoms with Crippen molar-refractivity contribution in [3.63, 3.8) is 0 Å². The number of carbonyl (C=O) groups is 1. The van der Waals surface area contributed by atoms with Crippen LogP contribution in [0.5, 0.6) is 11.6 Å². The SMILES string of the molecule is CC(CO[Si](C(C)C)(C(C)C)C(C)C)OCC(Oc1ncnc(Nc2ccccc2O)c1C=N)C(=O)Nc1ccc(C#N)cn1. The first-order chi connectivity index (χ1) is 21.4. The van der Waals surface area contributed by atoms with Crippen molar-refractivity contribution >= 4 is 37.8 Å². The number of nitriles is 1. The number of ether oxygens (including phenoxy) is 2. The minimum atomic E-state index is -2.13. The number of phenols is 1. The zero-order valence-corrected chi connectivity index (χ0v) is 27.9. The predicted octanol–water partition coefficient (Wildman–Crippen LogP) is 6.17. The Morgan fingerprint density at radius 1 is 1.02 bits per heavy atom. The molecule has 12 nitrogen and oxygen atoms in total. The predicted molar refractivity (Wildman–Crippen MR) is 176 cm³/mol. The van der Waals surface area contributed by atoms with E-state index in [-0.39, 0.29) is 41.5 Å². The molecule has 1 aromatic carbocycles. The standard InChI is InChI=1S/C32H43N7O5Si/c1-20(2)45(21(3)4,22(5)6)43-17-23(7)42-18-28(31(41)39-29-13-12-24(14-33)16-35-29)44-32-25(15-34)30(36-19-37-32)38-26-10-8-9-11-27(26)40/h8-13,15-16,19-23,28,34,40H,17-18H2,1-7H3,(H,35,39,41)(H,36,37,38). The number of anilines is 3. The van der Waals surface area contributed by atoms with Crippen LogP contribution in [-0.4, -0.2) is 65.9 Å². The van der Waals surface area contributed by atoms with Crippen molar-refractivity contribution in [2.75, 3.05) is 23.8 Å². The van der Waals surface area contributed by atoms with E-state index in [0.717, 1.165) is 6.21 Å². The van der Waals surface area contributed by atoms with E-state index in [9.17, 15) is 9.90 Å². The highest BCUT2D eigenvalue weighted by molar-refractivity contribution is 6.77. The van der Waals surface area contributed by atoms with Gasteiger partial charge in [-0.05, 0) is 47.8 Å². The molecule has 0 spiro atoms. The third-order valence-corrected chi connectivity index (χ3v) is 13.7. The maximum absolute atomic E-state index is 13.5. The molecule has 0 aliphatic carbocycles. The van der Waals surface area contributed by atoms with Crippen molar-refractivity contribution < 1.29 is 23.8 Å². The summed E-state index contributed by atoms with van der Waals surface area (Å²) in [6.07, 6.45) is 2.02. The van der Waals surface area contributed by atoms with E-state index in [2.05, 4.69) is 67.1 Å². The lowest BCUT2D eigenvalue weighted by Crippen LogP contribution is -2.49. The van der Waals surface area contributed by atoms with Crippen LogP contribution in [0.4, 0.5) is 17.3 Å². The quantitative estimate of drug-likeness (QED) is 0.0810. The molecule has 45 heavy (non-hydrogen) atoms.